The molecule has 5 rings (SSSR count). The number of esters is 1. The van der Waals surface area contributed by atoms with Crippen molar-refractivity contribution in [2.24, 2.45) is 0 Å². The number of aliphatic hydroxyl groups is 7. The van der Waals surface area contributed by atoms with Gasteiger partial charge in [0.2, 0.25) is 0 Å². The van der Waals surface area contributed by atoms with Gasteiger partial charge in [-0.1, -0.05) is 12.1 Å². The molecule has 19 nitrogen and oxygen atoms in total. The fraction of sp³-hybridized carbons (Fsp3) is 0.571. The molecule has 14 atom stereocenters. The third-order valence-electron chi connectivity index (χ3n) is 9.20. The van der Waals surface area contributed by atoms with Crippen LogP contribution in [0.1, 0.15) is 18.1 Å². The van der Waals surface area contributed by atoms with E-state index < -0.39 is 105 Å². The van der Waals surface area contributed by atoms with E-state index in [1.54, 1.807) is 0 Å². The number of hydrogen-bond donors (Lipinski definition) is 10. The molecule has 3 fully saturated rings. The molecule has 3 heterocycles. The quantitative estimate of drug-likeness (QED) is 0.0585. The van der Waals surface area contributed by atoms with Crippen LogP contribution in [-0.2, 0) is 44.4 Å². The van der Waals surface area contributed by atoms with Crippen LogP contribution >= 0.6 is 0 Å². The van der Waals surface area contributed by atoms with Crippen LogP contribution in [0.15, 0.2) is 42.5 Å². The molecule has 2 aromatic rings. The Labute approximate surface area is 308 Å². The van der Waals surface area contributed by atoms with Gasteiger partial charge in [0.25, 0.3) is 0 Å². The number of carbonyl (C=O) groups is 1. The first-order valence-corrected chi connectivity index (χ1v) is 17.0. The smallest absolute Gasteiger partial charge is 0.331 e. The van der Waals surface area contributed by atoms with Crippen LogP contribution in [0.4, 0.5) is 0 Å². The van der Waals surface area contributed by atoms with Gasteiger partial charge in [-0.3, -0.25) is 0 Å². The van der Waals surface area contributed by atoms with Gasteiger partial charge in [0.1, 0.15) is 54.9 Å². The highest BCUT2D eigenvalue weighted by atomic mass is 16.8. The lowest BCUT2D eigenvalue weighted by molar-refractivity contribution is -0.381. The number of methoxy groups -OCH3 is 1. The Hall–Kier alpha value is -3.67. The third kappa shape index (κ3) is 9.58. The van der Waals surface area contributed by atoms with Crippen LogP contribution in [0.3, 0.4) is 0 Å². The standard InChI is InChI=1S/C35H46O19/c1-15-25(42)27(44)32(54-33-28(45)26(43)21(40)14-49-33)35(50-15)53-31-29(46)34(48-10-9-17-3-6-18(37)20(39)11-17)51-23(13-36)30(31)52-24(41)8-5-16-4-7-19(38)22(12-16)47-2/h3-8,11-12,15,21,23,25-40,42-46H,9-10,13-14H2,1-2H3/t15-,21+,23+,25-,26-,27+,28+,29+,30+,31+,32+,33-,34+,35-/m0/s1. The highest BCUT2D eigenvalue weighted by Gasteiger charge is 2.54. The zero-order valence-electron chi connectivity index (χ0n) is 29.2. The summed E-state index contributed by atoms with van der Waals surface area (Å²) in [7, 11) is 1.35. The number of benzene rings is 2. The summed E-state index contributed by atoms with van der Waals surface area (Å²) >= 11 is 0. The van der Waals surface area contributed by atoms with Crippen molar-refractivity contribution < 1.29 is 93.8 Å². The predicted molar refractivity (Wildman–Crippen MR) is 179 cm³/mol. The molecular weight excluding hydrogens is 724 g/mol. The Morgan fingerprint density at radius 3 is 2.22 bits per heavy atom. The van der Waals surface area contributed by atoms with Crippen molar-refractivity contribution in [2.45, 2.75) is 99.4 Å². The van der Waals surface area contributed by atoms with Crippen LogP contribution in [0.25, 0.3) is 6.08 Å². The van der Waals surface area contributed by atoms with Gasteiger partial charge in [0.05, 0.1) is 33.0 Å². The first kappa shape index (κ1) is 41.5. The van der Waals surface area contributed by atoms with Crippen LogP contribution in [0.2, 0.25) is 0 Å². The third-order valence-corrected chi connectivity index (χ3v) is 9.20. The molecule has 0 spiro atoms. The largest absolute Gasteiger partial charge is 0.504 e. The van der Waals surface area contributed by atoms with E-state index in [-0.39, 0.29) is 36.0 Å². The maximum absolute atomic E-state index is 13.2. The summed E-state index contributed by atoms with van der Waals surface area (Å²) in [6.07, 6.45) is -19.9. The number of rotatable bonds is 13. The monoisotopic (exact) mass is 770 g/mol. The summed E-state index contributed by atoms with van der Waals surface area (Å²) in [6, 6.07) is 8.41. The SMILES string of the molecule is COc1cc(C=CC(=O)O[C@H]2[C@H](O[C@@H]3O[C@@H](C)[C@H](O)[C@@H](O)[C@H]3O[C@@H]3OC[C@@H](O)[C@H](O)[C@H]3O)[C@@H](O)[C@H](OCCc3ccc(O)c(O)c3)O[C@@H]2CO)ccc1O. The summed E-state index contributed by atoms with van der Waals surface area (Å²) in [4.78, 5) is 13.2. The van der Waals surface area contributed by atoms with E-state index in [9.17, 15) is 55.9 Å². The van der Waals surface area contributed by atoms with Crippen LogP contribution in [-0.4, -0.2) is 170 Å². The lowest BCUT2D eigenvalue weighted by atomic mass is 9.96. The molecule has 10 N–H and O–H groups in total. The van der Waals surface area contributed by atoms with Crippen LogP contribution < -0.4 is 4.74 Å². The van der Waals surface area contributed by atoms with Crippen LogP contribution in [0, 0.1) is 0 Å². The highest BCUT2D eigenvalue weighted by Crippen LogP contribution is 2.34. The number of aliphatic hydroxyl groups excluding tert-OH is 7. The summed E-state index contributed by atoms with van der Waals surface area (Å²) in [5, 5.41) is 104. The summed E-state index contributed by atoms with van der Waals surface area (Å²) in [6.45, 7) is 0.0235. The van der Waals surface area contributed by atoms with Crippen LogP contribution in [0.5, 0.6) is 23.0 Å². The van der Waals surface area contributed by atoms with E-state index >= 15 is 0 Å². The minimum absolute atomic E-state index is 0.126. The van der Waals surface area contributed by atoms with E-state index in [2.05, 4.69) is 0 Å². The molecule has 19 heteroatoms. The van der Waals surface area contributed by atoms with Gasteiger partial charge < -0.3 is 89.0 Å². The summed E-state index contributed by atoms with van der Waals surface area (Å²) in [5.41, 5.74) is 0.985. The Morgan fingerprint density at radius 1 is 0.796 bits per heavy atom. The molecule has 0 unspecified atom stereocenters. The fourth-order valence-corrected chi connectivity index (χ4v) is 6.10. The average Bonchev–Trinajstić information content (AvgIpc) is 3.15. The molecular formula is C35H46O19. The van der Waals surface area contributed by atoms with E-state index in [0.717, 1.165) is 6.08 Å². The number of carbonyl (C=O) groups excluding carboxylic acids is 1. The van der Waals surface area contributed by atoms with E-state index in [4.69, 9.17) is 37.9 Å². The molecule has 0 radical (unpaired) electrons. The molecule has 0 amide bonds. The Bertz CT molecular complexity index is 1570. The molecule has 0 aromatic heterocycles. The number of phenols is 3. The number of aromatic hydroxyl groups is 3. The van der Waals surface area contributed by atoms with Crippen molar-refractivity contribution in [3.8, 4) is 23.0 Å². The van der Waals surface area contributed by atoms with Gasteiger partial charge in [-0.25, -0.2) is 4.79 Å². The molecule has 54 heavy (non-hydrogen) atoms. The Balaban J connectivity index is 1.40. The molecule has 300 valence electrons. The van der Waals surface area contributed by atoms with E-state index in [1.165, 1.54) is 56.5 Å². The maximum atomic E-state index is 13.2. The van der Waals surface area contributed by atoms with Gasteiger partial charge in [-0.2, -0.15) is 0 Å². The number of ether oxygens (including phenoxy) is 8. The van der Waals surface area contributed by atoms with Gasteiger partial charge in [-0.05, 0) is 54.8 Å². The first-order valence-electron chi connectivity index (χ1n) is 17.0. The fourth-order valence-electron chi connectivity index (χ4n) is 6.10. The van der Waals surface area contributed by atoms with Crippen molar-refractivity contribution in [2.75, 3.05) is 26.9 Å². The average molecular weight is 771 g/mol. The zero-order chi connectivity index (χ0) is 39.3. The maximum Gasteiger partial charge on any atom is 0.331 e. The minimum atomic E-state index is -1.81. The lowest BCUT2D eigenvalue weighted by Gasteiger charge is -2.48. The number of hydrogen-bond acceptors (Lipinski definition) is 19. The van der Waals surface area contributed by atoms with E-state index in [1.807, 2.05) is 0 Å². The molecule has 3 aliphatic heterocycles. The molecule has 3 saturated heterocycles. The predicted octanol–water partition coefficient (Wildman–Crippen LogP) is -2.25. The van der Waals surface area contributed by atoms with Crippen molar-refractivity contribution in [3.05, 3.63) is 53.6 Å². The van der Waals surface area contributed by atoms with Gasteiger partial charge in [-0.15, -0.1) is 0 Å². The zero-order valence-corrected chi connectivity index (χ0v) is 29.2. The first-order chi connectivity index (χ1) is 25.7. The minimum Gasteiger partial charge on any atom is -0.504 e. The van der Waals surface area contributed by atoms with Gasteiger partial charge >= 0.3 is 5.97 Å². The molecule has 2 aromatic carbocycles. The second kappa shape index (κ2) is 18.3. The van der Waals surface area contributed by atoms with Crippen molar-refractivity contribution in [1.29, 1.82) is 0 Å². The molecule has 0 saturated carbocycles. The van der Waals surface area contributed by atoms with Crippen molar-refractivity contribution >= 4 is 12.0 Å². The molecule has 0 aliphatic carbocycles. The molecule has 0 bridgehead atoms. The summed E-state index contributed by atoms with van der Waals surface area (Å²) in [5.74, 6) is -1.67. The molecule has 3 aliphatic rings. The lowest BCUT2D eigenvalue weighted by Crippen LogP contribution is -2.66. The Morgan fingerprint density at radius 2 is 1.52 bits per heavy atom. The normalized spacial score (nSPS) is 35.9. The van der Waals surface area contributed by atoms with Gasteiger partial charge in [0.15, 0.2) is 48.0 Å². The van der Waals surface area contributed by atoms with E-state index in [0.29, 0.717) is 11.1 Å². The number of phenolic OH excluding ortho intramolecular Hbond substituents is 3. The highest BCUT2D eigenvalue weighted by molar-refractivity contribution is 5.87. The van der Waals surface area contributed by atoms with Crippen molar-refractivity contribution in [3.63, 3.8) is 0 Å². The van der Waals surface area contributed by atoms with Gasteiger partial charge in [0, 0.05) is 6.08 Å². The second-order valence-corrected chi connectivity index (χ2v) is 13.0. The van der Waals surface area contributed by atoms with Crippen molar-refractivity contribution in [1.82, 2.24) is 0 Å². The Kier molecular flexibility index (Phi) is 14.1. The topological polar surface area (TPSA) is 293 Å². The second-order valence-electron chi connectivity index (χ2n) is 13.0. The summed E-state index contributed by atoms with van der Waals surface area (Å²) < 4.78 is 45.4.